The summed E-state index contributed by atoms with van der Waals surface area (Å²) in [6.45, 7) is 5.16. The minimum Gasteiger partial charge on any atom is -0.348 e. The van der Waals surface area contributed by atoms with Crippen LogP contribution in [0.1, 0.15) is 63.4 Å². The van der Waals surface area contributed by atoms with E-state index in [2.05, 4.69) is 13.0 Å². The fourth-order valence-corrected chi connectivity index (χ4v) is 4.70. The molecule has 3 aromatic rings. The highest BCUT2D eigenvalue weighted by molar-refractivity contribution is 5.71. The SMILES string of the molecule is C/C=C/CCC1COC(c2ccc(-c3ccc(-c4ccc(CCCCC)c(F)c4F)cc3)cc2F)OC1. The van der Waals surface area contributed by atoms with Gasteiger partial charge in [-0.05, 0) is 60.9 Å². The Hall–Kier alpha value is -2.89. The van der Waals surface area contributed by atoms with E-state index in [1.807, 2.05) is 19.1 Å². The summed E-state index contributed by atoms with van der Waals surface area (Å²) in [4.78, 5) is 0. The molecule has 0 N–H and O–H groups in total. The summed E-state index contributed by atoms with van der Waals surface area (Å²) in [7, 11) is 0. The van der Waals surface area contributed by atoms with E-state index in [4.69, 9.17) is 9.47 Å². The predicted octanol–water partition coefficient (Wildman–Crippen LogP) is 9.19. The first-order valence-electron chi connectivity index (χ1n) is 13.2. The van der Waals surface area contributed by atoms with Crippen molar-refractivity contribution < 1.29 is 22.6 Å². The predicted molar refractivity (Wildman–Crippen MR) is 143 cm³/mol. The molecule has 0 aromatic heterocycles. The molecule has 0 aliphatic carbocycles. The number of rotatable bonds is 10. The van der Waals surface area contributed by atoms with Crippen LogP contribution in [-0.2, 0) is 15.9 Å². The fourth-order valence-electron chi connectivity index (χ4n) is 4.70. The Morgan fingerprint density at radius 3 is 2.22 bits per heavy atom. The van der Waals surface area contributed by atoms with Crippen LogP contribution in [0.3, 0.4) is 0 Å². The normalized spacial score (nSPS) is 18.0. The van der Waals surface area contributed by atoms with E-state index in [1.165, 1.54) is 6.07 Å². The highest BCUT2D eigenvalue weighted by Crippen LogP contribution is 2.33. The molecular weight excluding hydrogens is 473 g/mol. The molecule has 0 bridgehead atoms. The number of hydrogen-bond acceptors (Lipinski definition) is 2. The molecule has 0 saturated carbocycles. The molecular formula is C32H35F3O2. The summed E-state index contributed by atoms with van der Waals surface area (Å²) in [5, 5.41) is 0. The van der Waals surface area contributed by atoms with Crippen molar-refractivity contribution in [1.82, 2.24) is 0 Å². The number of aryl methyl sites for hydroxylation is 1. The molecule has 0 unspecified atom stereocenters. The Morgan fingerprint density at radius 2 is 1.54 bits per heavy atom. The summed E-state index contributed by atoms with van der Waals surface area (Å²) < 4.78 is 56.0. The maximum atomic E-state index is 15.0. The minimum absolute atomic E-state index is 0.223. The molecule has 37 heavy (non-hydrogen) atoms. The number of ether oxygens (including phenoxy) is 2. The maximum Gasteiger partial charge on any atom is 0.186 e. The van der Waals surface area contributed by atoms with E-state index in [9.17, 15) is 13.2 Å². The van der Waals surface area contributed by atoms with Gasteiger partial charge in [0.2, 0.25) is 0 Å². The lowest BCUT2D eigenvalue weighted by Crippen LogP contribution is -2.27. The van der Waals surface area contributed by atoms with Crippen LogP contribution in [0, 0.1) is 23.4 Å². The van der Waals surface area contributed by atoms with Crippen LogP contribution in [0.4, 0.5) is 13.2 Å². The third-order valence-electron chi connectivity index (χ3n) is 6.94. The van der Waals surface area contributed by atoms with Gasteiger partial charge in [-0.2, -0.15) is 0 Å². The number of halogens is 3. The van der Waals surface area contributed by atoms with E-state index in [0.717, 1.165) is 37.7 Å². The minimum atomic E-state index is -0.825. The quantitative estimate of drug-likeness (QED) is 0.201. The summed E-state index contributed by atoms with van der Waals surface area (Å²) >= 11 is 0. The molecule has 1 fully saturated rings. The van der Waals surface area contributed by atoms with Crippen LogP contribution in [0.5, 0.6) is 0 Å². The van der Waals surface area contributed by atoms with Gasteiger partial charge in [0.1, 0.15) is 5.82 Å². The van der Waals surface area contributed by atoms with Gasteiger partial charge in [-0.3, -0.25) is 0 Å². The second-order valence-electron chi connectivity index (χ2n) is 9.68. The van der Waals surface area contributed by atoms with Gasteiger partial charge in [0.25, 0.3) is 0 Å². The maximum absolute atomic E-state index is 15.0. The first kappa shape index (κ1) is 27.2. The zero-order valence-corrected chi connectivity index (χ0v) is 21.6. The Bertz CT molecular complexity index is 1200. The fraction of sp³-hybridized carbons (Fsp3) is 0.375. The molecule has 0 spiro atoms. The molecule has 0 amide bonds. The average molecular weight is 509 g/mol. The van der Waals surface area contributed by atoms with Gasteiger partial charge in [0, 0.05) is 17.0 Å². The smallest absolute Gasteiger partial charge is 0.186 e. The monoisotopic (exact) mass is 508 g/mol. The van der Waals surface area contributed by atoms with Gasteiger partial charge < -0.3 is 9.47 Å². The highest BCUT2D eigenvalue weighted by Gasteiger charge is 2.25. The van der Waals surface area contributed by atoms with E-state index in [-0.39, 0.29) is 5.56 Å². The molecule has 2 nitrogen and oxygen atoms in total. The van der Waals surface area contributed by atoms with Crippen molar-refractivity contribution in [2.45, 2.75) is 58.7 Å². The number of hydrogen-bond donors (Lipinski definition) is 0. The van der Waals surface area contributed by atoms with Crippen molar-refractivity contribution in [3.05, 3.63) is 95.3 Å². The van der Waals surface area contributed by atoms with Crippen molar-refractivity contribution in [1.29, 1.82) is 0 Å². The second kappa shape index (κ2) is 13.1. The van der Waals surface area contributed by atoms with Crippen molar-refractivity contribution in [3.8, 4) is 22.3 Å². The summed E-state index contributed by atoms with van der Waals surface area (Å²) in [5.41, 5.74) is 3.05. The van der Waals surface area contributed by atoms with Crippen LogP contribution in [0.15, 0.2) is 66.7 Å². The third kappa shape index (κ3) is 6.71. The zero-order chi connectivity index (χ0) is 26.2. The van der Waals surface area contributed by atoms with Gasteiger partial charge >= 0.3 is 0 Å². The topological polar surface area (TPSA) is 18.5 Å². The van der Waals surface area contributed by atoms with Crippen molar-refractivity contribution in [2.75, 3.05) is 13.2 Å². The van der Waals surface area contributed by atoms with Gasteiger partial charge in [-0.15, -0.1) is 0 Å². The first-order valence-corrected chi connectivity index (χ1v) is 13.2. The van der Waals surface area contributed by atoms with E-state index in [0.29, 0.717) is 47.8 Å². The Balaban J connectivity index is 1.43. The largest absolute Gasteiger partial charge is 0.348 e. The van der Waals surface area contributed by atoms with Crippen LogP contribution in [0.25, 0.3) is 22.3 Å². The summed E-state index contributed by atoms with van der Waals surface area (Å²) in [6.07, 6.45) is 8.79. The molecule has 1 aliphatic heterocycles. The van der Waals surface area contributed by atoms with Crippen LogP contribution in [0.2, 0.25) is 0 Å². The lowest BCUT2D eigenvalue weighted by molar-refractivity contribution is -0.207. The molecule has 196 valence electrons. The van der Waals surface area contributed by atoms with Gasteiger partial charge in [0.15, 0.2) is 17.9 Å². The lowest BCUT2D eigenvalue weighted by Gasteiger charge is -2.29. The number of benzene rings is 3. The Kier molecular flexibility index (Phi) is 9.59. The molecule has 1 heterocycles. The number of allylic oxidation sites excluding steroid dienone is 2. The Labute approximate surface area is 218 Å². The van der Waals surface area contributed by atoms with Crippen LogP contribution < -0.4 is 0 Å². The van der Waals surface area contributed by atoms with Crippen molar-refractivity contribution in [3.63, 3.8) is 0 Å². The third-order valence-corrected chi connectivity index (χ3v) is 6.94. The summed E-state index contributed by atoms with van der Waals surface area (Å²) in [6, 6.07) is 15.3. The van der Waals surface area contributed by atoms with Crippen LogP contribution >= 0.6 is 0 Å². The molecule has 0 atom stereocenters. The standard InChI is InChI=1S/C32H35F3O2/c1-3-5-7-9-22-20-36-32(37-21-22)28-18-16-26(19-29(28)33)23-11-13-24(14-12-23)27-17-15-25(10-8-6-4-2)30(34)31(27)35/h3,5,11-19,22,32H,4,6-10,20-21H2,1-2H3/b5-3+. The molecule has 3 aromatic carbocycles. The van der Waals surface area contributed by atoms with Crippen molar-refractivity contribution >= 4 is 0 Å². The molecule has 4 rings (SSSR count). The van der Waals surface area contributed by atoms with E-state index < -0.39 is 23.7 Å². The molecule has 5 heteroatoms. The van der Waals surface area contributed by atoms with Crippen molar-refractivity contribution in [2.24, 2.45) is 5.92 Å². The molecule has 1 aliphatic rings. The average Bonchev–Trinajstić information content (AvgIpc) is 2.92. The highest BCUT2D eigenvalue weighted by atomic mass is 19.2. The van der Waals surface area contributed by atoms with Gasteiger partial charge in [0.05, 0.1) is 13.2 Å². The van der Waals surface area contributed by atoms with E-state index >= 15 is 0 Å². The second-order valence-corrected chi connectivity index (χ2v) is 9.68. The molecule has 1 saturated heterocycles. The number of unbranched alkanes of at least 4 members (excludes halogenated alkanes) is 2. The van der Waals surface area contributed by atoms with Gasteiger partial charge in [-0.1, -0.05) is 80.4 Å². The molecule has 0 radical (unpaired) electrons. The zero-order valence-electron chi connectivity index (χ0n) is 21.6. The van der Waals surface area contributed by atoms with E-state index in [1.54, 1.807) is 42.5 Å². The Morgan fingerprint density at radius 1 is 0.838 bits per heavy atom. The van der Waals surface area contributed by atoms with Gasteiger partial charge in [-0.25, -0.2) is 13.2 Å². The van der Waals surface area contributed by atoms with Crippen LogP contribution in [-0.4, -0.2) is 13.2 Å². The summed E-state index contributed by atoms with van der Waals surface area (Å²) in [5.74, 6) is -1.69. The first-order chi connectivity index (χ1) is 18.0. The lowest BCUT2D eigenvalue weighted by atomic mass is 9.97.